The number of rotatable bonds is 7. The van der Waals surface area contributed by atoms with Crippen LogP contribution in [-0.4, -0.2) is 56.7 Å². The van der Waals surface area contributed by atoms with E-state index in [1.165, 1.54) is 12.4 Å². The quantitative estimate of drug-likeness (QED) is 0.268. The second-order valence-corrected chi connectivity index (χ2v) is 8.92. The molecule has 0 amide bonds. The standard InChI is InChI=1S/C20H18ClF5N4O4S/c21-9-3-10(5-28-4-9)35-19-18(33)16(17(32)14(7-31)34-19)29-6-13(30-27)8-1-11(22)15(12(23)2-8)20(24,25)26/h1-6,14,16-19,27,29,31-33H,7H2/b13-6-,30-27?/t14?,16?,17-,18?,19+/m0/s1. The lowest BCUT2D eigenvalue weighted by Crippen LogP contribution is -2.61. The van der Waals surface area contributed by atoms with E-state index in [4.69, 9.17) is 21.9 Å². The summed E-state index contributed by atoms with van der Waals surface area (Å²) in [4.78, 5) is 4.41. The fourth-order valence-electron chi connectivity index (χ4n) is 3.32. The number of aliphatic hydroxyl groups excluding tert-OH is 3. The van der Waals surface area contributed by atoms with Gasteiger partial charge in [-0.05, 0) is 18.2 Å². The Kier molecular flexibility index (Phi) is 8.67. The van der Waals surface area contributed by atoms with Crippen molar-refractivity contribution in [2.24, 2.45) is 5.11 Å². The minimum Gasteiger partial charge on any atom is -0.394 e. The summed E-state index contributed by atoms with van der Waals surface area (Å²) in [7, 11) is 0. The Labute approximate surface area is 204 Å². The minimum absolute atomic E-state index is 0.314. The topological polar surface area (TPSA) is 131 Å². The van der Waals surface area contributed by atoms with Gasteiger partial charge in [0.15, 0.2) is 0 Å². The average Bonchev–Trinajstić information content (AvgIpc) is 2.76. The number of nitrogens with one attached hydrogen (secondary N) is 2. The highest BCUT2D eigenvalue weighted by Gasteiger charge is 2.44. The molecule has 35 heavy (non-hydrogen) atoms. The molecule has 8 nitrogen and oxygen atoms in total. The summed E-state index contributed by atoms with van der Waals surface area (Å²) in [6.45, 7) is -0.633. The molecule has 1 fully saturated rings. The number of hydrogen-bond acceptors (Lipinski definition) is 9. The van der Waals surface area contributed by atoms with Crippen molar-refractivity contribution in [3.63, 3.8) is 0 Å². The normalized spacial score (nSPS) is 25.4. The van der Waals surface area contributed by atoms with Gasteiger partial charge in [-0.1, -0.05) is 23.4 Å². The number of ether oxygens (including phenoxy) is 1. The van der Waals surface area contributed by atoms with E-state index >= 15 is 0 Å². The number of aromatic nitrogens is 1. The van der Waals surface area contributed by atoms with Gasteiger partial charge in [0.05, 0.1) is 17.7 Å². The first-order valence-electron chi connectivity index (χ1n) is 9.76. The number of aliphatic hydroxyl groups is 3. The van der Waals surface area contributed by atoms with Crippen molar-refractivity contribution in [3.8, 4) is 0 Å². The van der Waals surface area contributed by atoms with Crippen LogP contribution in [-0.2, 0) is 10.9 Å². The van der Waals surface area contributed by atoms with Crippen LogP contribution < -0.4 is 5.32 Å². The molecular weight excluding hydrogens is 523 g/mol. The molecule has 0 saturated carbocycles. The van der Waals surface area contributed by atoms with Crippen LogP contribution in [0.4, 0.5) is 22.0 Å². The first kappa shape index (κ1) is 27.2. The number of thioether (sulfide) groups is 1. The molecule has 0 bridgehead atoms. The lowest BCUT2D eigenvalue weighted by atomic mass is 9.97. The summed E-state index contributed by atoms with van der Waals surface area (Å²) in [5, 5.41) is 36.8. The molecule has 3 rings (SSSR count). The van der Waals surface area contributed by atoms with Crippen LogP contribution in [0.1, 0.15) is 11.1 Å². The van der Waals surface area contributed by atoms with Crippen molar-refractivity contribution >= 4 is 29.1 Å². The van der Waals surface area contributed by atoms with Gasteiger partial charge in [-0.3, -0.25) is 4.98 Å². The Hall–Kier alpha value is -2.36. The molecule has 1 saturated heterocycles. The first-order valence-corrected chi connectivity index (χ1v) is 11.0. The fraction of sp³-hybridized carbons (Fsp3) is 0.350. The van der Waals surface area contributed by atoms with Gasteiger partial charge in [0.1, 0.15) is 46.6 Å². The predicted molar refractivity (Wildman–Crippen MR) is 114 cm³/mol. The zero-order valence-corrected chi connectivity index (χ0v) is 19.0. The molecule has 1 aromatic heterocycles. The van der Waals surface area contributed by atoms with E-state index in [0.29, 0.717) is 22.1 Å². The van der Waals surface area contributed by atoms with Crippen molar-refractivity contribution in [2.45, 2.75) is 40.9 Å². The third kappa shape index (κ3) is 6.26. The van der Waals surface area contributed by atoms with Crippen LogP contribution in [0.2, 0.25) is 5.02 Å². The maximum absolute atomic E-state index is 14.0. The number of hydrogen-bond donors (Lipinski definition) is 5. The summed E-state index contributed by atoms with van der Waals surface area (Å²) in [6.07, 6.45) is -5.64. The molecule has 1 aliphatic heterocycles. The first-order chi connectivity index (χ1) is 16.5. The van der Waals surface area contributed by atoms with Crippen molar-refractivity contribution in [2.75, 3.05) is 6.61 Å². The lowest BCUT2D eigenvalue weighted by Gasteiger charge is -2.42. The number of pyridine rings is 1. The molecule has 15 heteroatoms. The molecule has 0 radical (unpaired) electrons. The van der Waals surface area contributed by atoms with Gasteiger partial charge in [-0.25, -0.2) is 14.3 Å². The number of halogens is 6. The molecule has 190 valence electrons. The van der Waals surface area contributed by atoms with Gasteiger partial charge in [0.2, 0.25) is 0 Å². The fourth-order valence-corrected chi connectivity index (χ4v) is 4.65. The maximum atomic E-state index is 14.0. The van der Waals surface area contributed by atoms with Gasteiger partial charge in [-0.15, -0.1) is 0 Å². The monoisotopic (exact) mass is 540 g/mol. The number of alkyl halides is 3. The Bertz CT molecular complexity index is 1090. The summed E-state index contributed by atoms with van der Waals surface area (Å²) in [5.41, 5.74) is 3.13. The van der Waals surface area contributed by atoms with E-state index < -0.39 is 71.0 Å². The zero-order chi connectivity index (χ0) is 25.9. The van der Waals surface area contributed by atoms with Crippen molar-refractivity contribution in [1.82, 2.24) is 10.3 Å². The highest BCUT2D eigenvalue weighted by atomic mass is 35.5. The largest absolute Gasteiger partial charge is 0.422 e. The average molecular weight is 541 g/mol. The van der Waals surface area contributed by atoms with E-state index in [1.54, 1.807) is 6.07 Å². The van der Waals surface area contributed by atoms with Gasteiger partial charge >= 0.3 is 6.18 Å². The van der Waals surface area contributed by atoms with Crippen LogP contribution in [0.5, 0.6) is 0 Å². The molecule has 2 aromatic rings. The summed E-state index contributed by atoms with van der Waals surface area (Å²) in [5.74, 6) is -3.81. The van der Waals surface area contributed by atoms with Gasteiger partial charge in [0, 0.05) is 29.1 Å². The summed E-state index contributed by atoms with van der Waals surface area (Å²) >= 11 is 6.89. The van der Waals surface area contributed by atoms with Crippen LogP contribution >= 0.6 is 23.4 Å². The third-order valence-corrected chi connectivity index (χ3v) is 6.30. The van der Waals surface area contributed by atoms with E-state index in [9.17, 15) is 37.3 Å². The molecule has 3 unspecified atom stereocenters. The van der Waals surface area contributed by atoms with E-state index in [2.05, 4.69) is 15.4 Å². The van der Waals surface area contributed by atoms with Crippen molar-refractivity contribution in [3.05, 3.63) is 64.6 Å². The van der Waals surface area contributed by atoms with Crippen molar-refractivity contribution in [1.29, 1.82) is 5.53 Å². The second kappa shape index (κ2) is 11.1. The van der Waals surface area contributed by atoms with Crippen LogP contribution in [0.15, 0.2) is 46.8 Å². The van der Waals surface area contributed by atoms with Crippen LogP contribution in [0.3, 0.4) is 0 Å². The third-order valence-electron chi connectivity index (χ3n) is 4.97. The maximum Gasteiger partial charge on any atom is 0.422 e. The molecule has 1 aliphatic rings. The van der Waals surface area contributed by atoms with E-state index in [-0.39, 0.29) is 0 Å². The Balaban J connectivity index is 1.86. The van der Waals surface area contributed by atoms with Gasteiger partial charge < -0.3 is 25.4 Å². The molecular formula is C20H18ClF5N4O4S. The molecule has 0 spiro atoms. The number of nitrogens with zero attached hydrogens (tertiary/aromatic N) is 2. The Morgan fingerprint density at radius 3 is 2.40 bits per heavy atom. The second-order valence-electron chi connectivity index (χ2n) is 7.31. The zero-order valence-electron chi connectivity index (χ0n) is 17.4. The van der Waals surface area contributed by atoms with E-state index in [0.717, 1.165) is 18.0 Å². The smallest absolute Gasteiger partial charge is 0.394 e. The lowest BCUT2D eigenvalue weighted by molar-refractivity contribution is -0.164. The molecule has 2 heterocycles. The SMILES string of the molecule is N=N/C(=C\NC1C(O)[C@@H](Sc2cncc(Cl)c2)OC(CO)[C@@H]1O)c1cc(F)c(C(F)(F)F)c(F)c1. The van der Waals surface area contributed by atoms with Crippen molar-refractivity contribution < 1.29 is 42.0 Å². The predicted octanol–water partition coefficient (Wildman–Crippen LogP) is 3.55. The molecule has 5 atom stereocenters. The minimum atomic E-state index is -5.27. The summed E-state index contributed by atoms with van der Waals surface area (Å²) < 4.78 is 71.9. The summed E-state index contributed by atoms with van der Waals surface area (Å²) in [6, 6.07) is 1.01. The van der Waals surface area contributed by atoms with Gasteiger partial charge in [-0.2, -0.15) is 18.3 Å². The Morgan fingerprint density at radius 1 is 1.20 bits per heavy atom. The Morgan fingerprint density at radius 2 is 1.86 bits per heavy atom. The number of benzene rings is 1. The highest BCUT2D eigenvalue weighted by molar-refractivity contribution is 7.99. The molecule has 0 aliphatic carbocycles. The molecule has 5 N–H and O–H groups in total. The van der Waals surface area contributed by atoms with Crippen LogP contribution in [0.25, 0.3) is 5.70 Å². The highest BCUT2D eigenvalue weighted by Crippen LogP contribution is 2.36. The van der Waals surface area contributed by atoms with Crippen LogP contribution in [0, 0.1) is 17.2 Å². The van der Waals surface area contributed by atoms with Gasteiger partial charge in [0.25, 0.3) is 0 Å². The molecule has 1 aromatic carbocycles. The van der Waals surface area contributed by atoms with E-state index in [1.807, 2.05) is 0 Å².